The molecule has 16 heavy (non-hydrogen) atoms. The van der Waals surface area contributed by atoms with E-state index in [0.717, 1.165) is 16.6 Å². The Balaban J connectivity index is 1.79. The monoisotopic (exact) mass is 235 g/mol. The number of fused-ring (bicyclic) bond motifs is 1. The zero-order valence-corrected chi connectivity index (χ0v) is 9.82. The molecule has 0 bridgehead atoms. The molecule has 2 aromatic rings. The van der Waals surface area contributed by atoms with Gasteiger partial charge in [-0.15, -0.1) is 11.3 Å². The largest absolute Gasteiger partial charge is 0.309 e. The molecule has 0 radical (unpaired) electrons. The first kappa shape index (κ1) is 10.2. The predicted molar refractivity (Wildman–Crippen MR) is 66.3 cm³/mol. The van der Waals surface area contributed by atoms with E-state index in [2.05, 4.69) is 5.32 Å². The summed E-state index contributed by atoms with van der Waals surface area (Å²) in [5, 5.41) is 4.27. The minimum atomic E-state index is -0.108. The first-order chi connectivity index (χ1) is 7.83. The maximum absolute atomic E-state index is 13.5. The molecule has 0 unspecified atom stereocenters. The predicted octanol–water partition coefficient (Wildman–Crippen LogP) is 3.68. The number of hydrogen-bond donors (Lipinski definition) is 1. The molecular formula is C13H14FNS. The second kappa shape index (κ2) is 4.15. The normalized spacial score (nSPS) is 16.6. The molecule has 0 atom stereocenters. The van der Waals surface area contributed by atoms with Gasteiger partial charge in [0, 0.05) is 27.5 Å². The van der Waals surface area contributed by atoms with E-state index < -0.39 is 0 Å². The molecule has 0 saturated heterocycles. The topological polar surface area (TPSA) is 12.0 Å². The lowest BCUT2D eigenvalue weighted by atomic mass is 9.93. The minimum Gasteiger partial charge on any atom is -0.309 e. The Morgan fingerprint density at radius 2 is 2.25 bits per heavy atom. The maximum atomic E-state index is 13.5. The average molecular weight is 235 g/mol. The van der Waals surface area contributed by atoms with Crippen molar-refractivity contribution in [2.45, 2.75) is 31.8 Å². The lowest BCUT2D eigenvalue weighted by Crippen LogP contribution is -2.34. The number of rotatable bonds is 3. The van der Waals surface area contributed by atoms with Gasteiger partial charge in [-0.05, 0) is 31.0 Å². The van der Waals surface area contributed by atoms with Crippen LogP contribution in [0.3, 0.4) is 0 Å². The Kier molecular flexibility index (Phi) is 2.65. The van der Waals surface area contributed by atoms with E-state index in [1.807, 2.05) is 12.1 Å². The van der Waals surface area contributed by atoms with Crippen LogP contribution in [0.25, 0.3) is 10.1 Å². The highest BCUT2D eigenvalue weighted by atomic mass is 32.1. The molecule has 1 heterocycles. The van der Waals surface area contributed by atoms with Crippen molar-refractivity contribution in [2.24, 2.45) is 0 Å². The van der Waals surface area contributed by atoms with Gasteiger partial charge >= 0.3 is 0 Å². The SMILES string of the molecule is Fc1cccc2sc(CNC3CCC3)cc12. The molecule has 1 aliphatic carbocycles. The third-order valence-electron chi connectivity index (χ3n) is 3.23. The number of hydrogen-bond acceptors (Lipinski definition) is 2. The van der Waals surface area contributed by atoms with E-state index >= 15 is 0 Å². The molecule has 3 heteroatoms. The molecule has 1 aliphatic rings. The number of halogens is 1. The molecule has 0 amide bonds. The second-order valence-corrected chi connectivity index (χ2v) is 5.54. The lowest BCUT2D eigenvalue weighted by molar-refractivity contribution is 0.339. The van der Waals surface area contributed by atoms with Crippen LogP contribution in [0.2, 0.25) is 0 Å². The summed E-state index contributed by atoms with van der Waals surface area (Å²) >= 11 is 1.69. The van der Waals surface area contributed by atoms with Crippen LogP contribution in [-0.2, 0) is 6.54 Å². The Morgan fingerprint density at radius 3 is 2.94 bits per heavy atom. The van der Waals surface area contributed by atoms with Gasteiger partial charge in [0.15, 0.2) is 0 Å². The average Bonchev–Trinajstić information content (AvgIpc) is 2.60. The van der Waals surface area contributed by atoms with Crippen molar-refractivity contribution < 1.29 is 4.39 Å². The lowest BCUT2D eigenvalue weighted by Gasteiger charge is -2.26. The molecule has 1 saturated carbocycles. The fraction of sp³-hybridized carbons (Fsp3) is 0.385. The van der Waals surface area contributed by atoms with E-state index in [-0.39, 0.29) is 5.82 Å². The van der Waals surface area contributed by atoms with Gasteiger partial charge in [0.2, 0.25) is 0 Å². The summed E-state index contributed by atoms with van der Waals surface area (Å²) in [6.07, 6.45) is 3.93. The zero-order valence-electron chi connectivity index (χ0n) is 9.00. The summed E-state index contributed by atoms with van der Waals surface area (Å²) in [4.78, 5) is 1.23. The van der Waals surface area contributed by atoms with Crippen molar-refractivity contribution in [3.05, 3.63) is 35.0 Å². The van der Waals surface area contributed by atoms with Crippen LogP contribution in [-0.4, -0.2) is 6.04 Å². The first-order valence-electron chi connectivity index (χ1n) is 5.73. The van der Waals surface area contributed by atoms with Crippen LogP contribution in [0.15, 0.2) is 24.3 Å². The smallest absolute Gasteiger partial charge is 0.131 e. The third-order valence-corrected chi connectivity index (χ3v) is 4.33. The number of nitrogens with one attached hydrogen (secondary N) is 1. The van der Waals surface area contributed by atoms with E-state index in [1.54, 1.807) is 17.4 Å². The fourth-order valence-electron chi connectivity index (χ4n) is 2.02. The summed E-state index contributed by atoms with van der Waals surface area (Å²) < 4.78 is 14.5. The van der Waals surface area contributed by atoms with E-state index in [1.165, 1.54) is 30.2 Å². The molecule has 1 nitrogen and oxygen atoms in total. The van der Waals surface area contributed by atoms with Gasteiger partial charge in [0.1, 0.15) is 5.82 Å². The molecule has 1 aromatic heterocycles. The van der Waals surface area contributed by atoms with Crippen molar-refractivity contribution >= 4 is 21.4 Å². The van der Waals surface area contributed by atoms with Gasteiger partial charge in [-0.3, -0.25) is 0 Å². The Bertz CT molecular complexity index is 502. The van der Waals surface area contributed by atoms with Crippen LogP contribution in [0.1, 0.15) is 24.1 Å². The highest BCUT2D eigenvalue weighted by Crippen LogP contribution is 2.28. The van der Waals surface area contributed by atoms with Crippen LogP contribution in [0.5, 0.6) is 0 Å². The van der Waals surface area contributed by atoms with Gasteiger partial charge < -0.3 is 5.32 Å². The highest BCUT2D eigenvalue weighted by Gasteiger charge is 2.16. The second-order valence-electron chi connectivity index (χ2n) is 4.37. The number of benzene rings is 1. The third kappa shape index (κ3) is 1.85. The van der Waals surface area contributed by atoms with E-state index in [0.29, 0.717) is 6.04 Å². The molecule has 0 spiro atoms. The van der Waals surface area contributed by atoms with Crippen LogP contribution in [0.4, 0.5) is 4.39 Å². The van der Waals surface area contributed by atoms with Gasteiger partial charge in [0.05, 0.1) is 0 Å². The van der Waals surface area contributed by atoms with E-state index in [4.69, 9.17) is 0 Å². The summed E-state index contributed by atoms with van der Waals surface area (Å²) in [7, 11) is 0. The van der Waals surface area contributed by atoms with Crippen LogP contribution < -0.4 is 5.32 Å². The highest BCUT2D eigenvalue weighted by molar-refractivity contribution is 7.19. The fourth-order valence-corrected chi connectivity index (χ4v) is 3.05. The molecular weight excluding hydrogens is 221 g/mol. The molecule has 1 aromatic carbocycles. The van der Waals surface area contributed by atoms with Crippen molar-refractivity contribution in [3.63, 3.8) is 0 Å². The van der Waals surface area contributed by atoms with Crippen molar-refractivity contribution in [1.29, 1.82) is 0 Å². The van der Waals surface area contributed by atoms with Crippen molar-refractivity contribution in [3.8, 4) is 0 Å². The van der Waals surface area contributed by atoms with E-state index in [9.17, 15) is 4.39 Å². The summed E-state index contributed by atoms with van der Waals surface area (Å²) in [5.41, 5.74) is 0. The Hall–Kier alpha value is -0.930. The van der Waals surface area contributed by atoms with Crippen molar-refractivity contribution in [2.75, 3.05) is 0 Å². The maximum Gasteiger partial charge on any atom is 0.131 e. The minimum absolute atomic E-state index is 0.108. The van der Waals surface area contributed by atoms with Crippen LogP contribution >= 0.6 is 11.3 Å². The van der Waals surface area contributed by atoms with Gasteiger partial charge in [-0.25, -0.2) is 4.39 Å². The summed E-state index contributed by atoms with van der Waals surface area (Å²) in [6.45, 7) is 0.878. The summed E-state index contributed by atoms with van der Waals surface area (Å²) in [6, 6.07) is 7.95. The molecule has 0 aliphatic heterocycles. The van der Waals surface area contributed by atoms with Crippen LogP contribution in [0, 0.1) is 5.82 Å². The Morgan fingerprint density at radius 1 is 1.38 bits per heavy atom. The first-order valence-corrected chi connectivity index (χ1v) is 6.55. The van der Waals surface area contributed by atoms with Gasteiger partial charge in [0.25, 0.3) is 0 Å². The summed E-state index contributed by atoms with van der Waals surface area (Å²) in [5.74, 6) is -0.108. The molecule has 1 N–H and O–H groups in total. The molecule has 3 rings (SSSR count). The number of thiophene rings is 1. The quantitative estimate of drug-likeness (QED) is 0.855. The standard InChI is InChI=1S/C13H14FNS/c14-12-5-2-6-13-11(12)7-10(16-13)8-15-9-3-1-4-9/h2,5-7,9,15H,1,3-4,8H2. The Labute approximate surface area is 98.3 Å². The van der Waals surface area contributed by atoms with Gasteiger partial charge in [-0.1, -0.05) is 12.5 Å². The zero-order chi connectivity index (χ0) is 11.0. The van der Waals surface area contributed by atoms with Crippen molar-refractivity contribution in [1.82, 2.24) is 5.32 Å². The molecule has 84 valence electrons. The molecule has 1 fully saturated rings. The van der Waals surface area contributed by atoms with Gasteiger partial charge in [-0.2, -0.15) is 0 Å².